The van der Waals surface area contributed by atoms with E-state index in [1.54, 1.807) is 11.3 Å². The van der Waals surface area contributed by atoms with Crippen molar-refractivity contribution < 1.29 is 0 Å². The second-order valence-electron chi connectivity index (χ2n) is 9.66. The predicted molar refractivity (Wildman–Crippen MR) is 112 cm³/mol. The number of benzene rings is 1. The Morgan fingerprint density at radius 3 is 2.93 bits per heavy atom. The molecule has 3 aliphatic rings. The first-order chi connectivity index (χ1) is 13.1. The van der Waals surface area contributed by atoms with Crippen molar-refractivity contribution in [1.82, 2.24) is 9.38 Å². The summed E-state index contributed by atoms with van der Waals surface area (Å²) in [6, 6.07) is 6.78. The molecule has 0 N–H and O–H groups in total. The van der Waals surface area contributed by atoms with Crippen molar-refractivity contribution in [3.8, 4) is 11.3 Å². The van der Waals surface area contributed by atoms with Crippen LogP contribution in [0.1, 0.15) is 61.8 Å². The molecule has 2 aromatic heterocycles. The zero-order valence-electron chi connectivity index (χ0n) is 16.4. The molecule has 140 valence electrons. The van der Waals surface area contributed by atoms with E-state index in [9.17, 15) is 0 Å². The number of hydrogen-bond acceptors (Lipinski definition) is 2. The fourth-order valence-corrected chi connectivity index (χ4v) is 7.59. The topological polar surface area (TPSA) is 17.3 Å². The number of rotatable bonds is 2. The summed E-state index contributed by atoms with van der Waals surface area (Å²) in [7, 11) is 0. The first-order valence-corrected chi connectivity index (χ1v) is 11.5. The molecular formula is C24H28N2S. The van der Waals surface area contributed by atoms with Gasteiger partial charge < -0.3 is 0 Å². The van der Waals surface area contributed by atoms with Gasteiger partial charge in [0.15, 0.2) is 4.96 Å². The molecule has 27 heavy (non-hydrogen) atoms. The zero-order valence-corrected chi connectivity index (χ0v) is 17.2. The van der Waals surface area contributed by atoms with Crippen molar-refractivity contribution in [1.29, 1.82) is 0 Å². The van der Waals surface area contributed by atoms with Gasteiger partial charge in [-0.05, 0) is 68.9 Å². The minimum atomic E-state index is 0.378. The number of hydrogen-bond donors (Lipinski definition) is 0. The second kappa shape index (κ2) is 5.70. The molecule has 0 amide bonds. The van der Waals surface area contributed by atoms with Crippen LogP contribution in [-0.2, 0) is 5.41 Å². The number of aryl methyl sites for hydroxylation is 2. The third-order valence-electron chi connectivity index (χ3n) is 7.90. The minimum Gasteiger partial charge on any atom is -0.290 e. The monoisotopic (exact) mass is 376 g/mol. The Balaban J connectivity index is 1.46. The zero-order chi connectivity index (χ0) is 18.2. The Morgan fingerprint density at radius 2 is 2.00 bits per heavy atom. The van der Waals surface area contributed by atoms with Gasteiger partial charge in [0, 0.05) is 22.6 Å². The van der Waals surface area contributed by atoms with E-state index in [1.165, 1.54) is 78.0 Å². The standard InChI is InChI=1S/C24H28N2S/c1-15-6-7-16(2)20(8-15)21-14-27-23-25-22(13-26(21)23)24-10-17-4-3-5-18(11-24)19(9-17)12-24/h6-8,13-14,17-19H,3-5,9-12H2,1-2H3. The summed E-state index contributed by atoms with van der Waals surface area (Å²) in [6.07, 6.45) is 12.5. The molecule has 2 nitrogen and oxygen atoms in total. The van der Waals surface area contributed by atoms with Gasteiger partial charge in [-0.25, -0.2) is 4.98 Å². The molecule has 3 aliphatic carbocycles. The second-order valence-corrected chi connectivity index (χ2v) is 10.5. The molecule has 1 aromatic carbocycles. The van der Waals surface area contributed by atoms with E-state index in [0.29, 0.717) is 5.41 Å². The summed E-state index contributed by atoms with van der Waals surface area (Å²) >= 11 is 1.80. The Hall–Kier alpha value is -1.61. The highest BCUT2D eigenvalue weighted by molar-refractivity contribution is 7.15. The maximum absolute atomic E-state index is 5.21. The first kappa shape index (κ1) is 16.4. The van der Waals surface area contributed by atoms with Crippen LogP contribution in [0, 0.1) is 31.6 Å². The van der Waals surface area contributed by atoms with E-state index in [-0.39, 0.29) is 0 Å². The summed E-state index contributed by atoms with van der Waals surface area (Å²) in [5.41, 5.74) is 7.13. The van der Waals surface area contributed by atoms with Crippen LogP contribution in [-0.4, -0.2) is 9.38 Å². The minimum absolute atomic E-state index is 0.378. The van der Waals surface area contributed by atoms with Crippen molar-refractivity contribution in [3.63, 3.8) is 0 Å². The summed E-state index contributed by atoms with van der Waals surface area (Å²) in [5.74, 6) is 2.90. The van der Waals surface area contributed by atoms with Gasteiger partial charge in [-0.2, -0.15) is 0 Å². The number of fused-ring (bicyclic) bond motifs is 3. The molecule has 2 heterocycles. The summed E-state index contributed by atoms with van der Waals surface area (Å²) in [5, 5.41) is 2.29. The normalized spacial score (nSPS) is 32.3. The van der Waals surface area contributed by atoms with Gasteiger partial charge in [-0.1, -0.05) is 37.0 Å². The van der Waals surface area contributed by atoms with E-state index in [2.05, 4.69) is 48.0 Å². The SMILES string of the molecule is Cc1ccc(C)c(-c2csc3nc(C45CC6CCCC(C4)C(C6)C5)cn23)c1. The molecule has 3 fully saturated rings. The van der Waals surface area contributed by atoms with E-state index in [0.717, 1.165) is 17.8 Å². The van der Waals surface area contributed by atoms with Gasteiger partial charge in [0.1, 0.15) is 0 Å². The van der Waals surface area contributed by atoms with Crippen molar-refractivity contribution in [2.24, 2.45) is 17.8 Å². The summed E-state index contributed by atoms with van der Waals surface area (Å²) in [6.45, 7) is 4.41. The van der Waals surface area contributed by atoms with Crippen LogP contribution >= 0.6 is 11.3 Å². The Labute approximate surface area is 165 Å². The largest absolute Gasteiger partial charge is 0.290 e. The highest BCUT2D eigenvalue weighted by atomic mass is 32.1. The Bertz CT molecular complexity index is 1020. The molecule has 0 radical (unpaired) electrons. The van der Waals surface area contributed by atoms with Crippen LogP contribution in [0.5, 0.6) is 0 Å². The van der Waals surface area contributed by atoms with Gasteiger partial charge in [0.2, 0.25) is 0 Å². The van der Waals surface area contributed by atoms with Crippen molar-refractivity contribution in [2.45, 2.75) is 64.2 Å². The fraction of sp³-hybridized carbons (Fsp3) is 0.542. The van der Waals surface area contributed by atoms with E-state index in [1.807, 2.05) is 0 Å². The average Bonchev–Trinajstić information content (AvgIpc) is 3.26. The lowest BCUT2D eigenvalue weighted by molar-refractivity contribution is 0.215. The smallest absolute Gasteiger partial charge is 0.194 e. The van der Waals surface area contributed by atoms with Crippen LogP contribution in [0.2, 0.25) is 0 Å². The Kier molecular flexibility index (Phi) is 3.45. The van der Waals surface area contributed by atoms with Crippen molar-refractivity contribution >= 4 is 16.3 Å². The van der Waals surface area contributed by atoms with E-state index < -0.39 is 0 Å². The van der Waals surface area contributed by atoms with Crippen LogP contribution in [0.3, 0.4) is 0 Å². The highest BCUT2D eigenvalue weighted by Crippen LogP contribution is 2.60. The fourth-order valence-electron chi connectivity index (χ4n) is 6.71. The third-order valence-corrected chi connectivity index (χ3v) is 8.74. The lowest BCUT2D eigenvalue weighted by Gasteiger charge is -2.36. The highest BCUT2D eigenvalue weighted by Gasteiger charge is 2.53. The summed E-state index contributed by atoms with van der Waals surface area (Å²) < 4.78 is 2.38. The van der Waals surface area contributed by atoms with Gasteiger partial charge >= 0.3 is 0 Å². The molecule has 0 spiro atoms. The maximum Gasteiger partial charge on any atom is 0.194 e. The van der Waals surface area contributed by atoms with Crippen molar-refractivity contribution in [3.05, 3.63) is 46.6 Å². The van der Waals surface area contributed by atoms with E-state index >= 15 is 0 Å². The van der Waals surface area contributed by atoms with Crippen LogP contribution in [0.15, 0.2) is 29.8 Å². The molecule has 3 saturated carbocycles. The van der Waals surface area contributed by atoms with Crippen LogP contribution in [0.4, 0.5) is 0 Å². The van der Waals surface area contributed by atoms with Gasteiger partial charge in [-0.3, -0.25) is 4.40 Å². The number of nitrogens with zero attached hydrogens (tertiary/aromatic N) is 2. The van der Waals surface area contributed by atoms with Crippen molar-refractivity contribution in [2.75, 3.05) is 0 Å². The molecule has 0 aliphatic heterocycles. The molecule has 3 heteroatoms. The Morgan fingerprint density at radius 1 is 1.11 bits per heavy atom. The first-order valence-electron chi connectivity index (χ1n) is 10.7. The van der Waals surface area contributed by atoms with Gasteiger partial charge in [0.05, 0.1) is 11.4 Å². The molecule has 4 atom stereocenters. The van der Waals surface area contributed by atoms with Gasteiger partial charge in [-0.15, -0.1) is 11.3 Å². The number of aromatic nitrogens is 2. The molecule has 3 bridgehead atoms. The number of thiazole rings is 1. The predicted octanol–water partition coefficient (Wildman–Crippen LogP) is 6.54. The maximum atomic E-state index is 5.21. The molecule has 4 unspecified atom stereocenters. The van der Waals surface area contributed by atoms with E-state index in [4.69, 9.17) is 4.98 Å². The molecular weight excluding hydrogens is 348 g/mol. The lowest BCUT2D eigenvalue weighted by atomic mass is 9.68. The van der Waals surface area contributed by atoms with Gasteiger partial charge in [0.25, 0.3) is 0 Å². The molecule has 6 rings (SSSR count). The lowest BCUT2D eigenvalue weighted by Crippen LogP contribution is -2.31. The molecule has 3 aromatic rings. The quantitative estimate of drug-likeness (QED) is 0.496. The average molecular weight is 377 g/mol. The summed E-state index contributed by atoms with van der Waals surface area (Å²) in [4.78, 5) is 6.39. The number of imidazole rings is 1. The van der Waals surface area contributed by atoms with Crippen LogP contribution in [0.25, 0.3) is 16.2 Å². The molecule has 0 saturated heterocycles. The third kappa shape index (κ3) is 2.40. The van der Waals surface area contributed by atoms with Crippen LogP contribution < -0.4 is 0 Å².